The summed E-state index contributed by atoms with van der Waals surface area (Å²) in [6, 6.07) is 0. The molecule has 11 heavy (non-hydrogen) atoms. The predicted octanol–water partition coefficient (Wildman–Crippen LogP) is 3.67. The van der Waals surface area contributed by atoms with Crippen LogP contribution in [0.25, 0.3) is 0 Å². The maximum Gasteiger partial charge on any atom is 0.00450 e. The van der Waals surface area contributed by atoms with E-state index < -0.39 is 0 Å². The van der Waals surface area contributed by atoms with Crippen LogP contribution >= 0.6 is 12.6 Å². The molecule has 0 aliphatic heterocycles. The molecule has 0 heterocycles. The Morgan fingerprint density at radius 3 is 2.64 bits per heavy atom. The summed E-state index contributed by atoms with van der Waals surface area (Å²) >= 11 is 4.66. The minimum atomic E-state index is 0.706. The summed E-state index contributed by atoms with van der Waals surface area (Å²) in [5.41, 5.74) is 0. The van der Waals surface area contributed by atoms with E-state index in [-0.39, 0.29) is 0 Å². The minimum absolute atomic E-state index is 0.706. The van der Waals surface area contributed by atoms with Crippen LogP contribution in [0.4, 0.5) is 0 Å². The number of thiol groups is 1. The first-order chi connectivity index (χ1) is 5.34. The summed E-state index contributed by atoms with van der Waals surface area (Å²) in [7, 11) is 0. The monoisotopic (exact) mass is 172 g/mol. The van der Waals surface area contributed by atoms with Crippen molar-refractivity contribution in [3.63, 3.8) is 0 Å². The first-order valence-corrected chi connectivity index (χ1v) is 5.54. The fourth-order valence-corrected chi connectivity index (χ4v) is 2.55. The van der Waals surface area contributed by atoms with Crippen LogP contribution < -0.4 is 0 Å². The van der Waals surface area contributed by atoms with Gasteiger partial charge in [0, 0.05) is 5.25 Å². The Labute approximate surface area is 76.2 Å². The first-order valence-electron chi connectivity index (χ1n) is 5.02. The lowest BCUT2D eigenvalue weighted by atomic mass is 9.95. The van der Waals surface area contributed by atoms with Crippen LogP contribution in [0, 0.1) is 5.92 Å². The highest BCUT2D eigenvalue weighted by Crippen LogP contribution is 2.30. The van der Waals surface area contributed by atoms with Gasteiger partial charge in [0.2, 0.25) is 0 Å². The molecule has 1 aliphatic rings. The van der Waals surface area contributed by atoms with E-state index >= 15 is 0 Å². The quantitative estimate of drug-likeness (QED) is 0.477. The van der Waals surface area contributed by atoms with Crippen molar-refractivity contribution in [2.24, 2.45) is 5.92 Å². The zero-order valence-electron chi connectivity index (χ0n) is 7.55. The molecule has 0 aromatic carbocycles. The molecule has 0 nitrogen and oxygen atoms in total. The maximum atomic E-state index is 4.66. The van der Waals surface area contributed by atoms with Gasteiger partial charge in [-0.25, -0.2) is 0 Å². The summed E-state index contributed by atoms with van der Waals surface area (Å²) in [5, 5.41) is 0.706. The van der Waals surface area contributed by atoms with Crippen molar-refractivity contribution < 1.29 is 0 Å². The van der Waals surface area contributed by atoms with Crippen molar-refractivity contribution in [2.75, 3.05) is 0 Å². The summed E-state index contributed by atoms with van der Waals surface area (Å²) in [6.07, 6.45) is 9.82. The second-order valence-electron chi connectivity index (χ2n) is 3.75. The van der Waals surface area contributed by atoms with Crippen molar-refractivity contribution >= 4 is 12.6 Å². The van der Waals surface area contributed by atoms with Crippen molar-refractivity contribution in [2.45, 2.75) is 57.1 Å². The van der Waals surface area contributed by atoms with Gasteiger partial charge in [-0.15, -0.1) is 0 Å². The lowest BCUT2D eigenvalue weighted by Crippen LogP contribution is -2.12. The summed E-state index contributed by atoms with van der Waals surface area (Å²) in [4.78, 5) is 0. The van der Waals surface area contributed by atoms with Gasteiger partial charge in [0.1, 0.15) is 0 Å². The van der Waals surface area contributed by atoms with E-state index in [9.17, 15) is 0 Å². The Morgan fingerprint density at radius 1 is 1.18 bits per heavy atom. The van der Waals surface area contributed by atoms with Gasteiger partial charge in [-0.05, 0) is 25.2 Å². The Balaban J connectivity index is 2.32. The third-order valence-corrected chi connectivity index (χ3v) is 3.46. The van der Waals surface area contributed by atoms with E-state index in [0.717, 1.165) is 5.92 Å². The number of rotatable bonds is 2. The van der Waals surface area contributed by atoms with Gasteiger partial charge in [-0.1, -0.05) is 32.6 Å². The molecular weight excluding hydrogens is 152 g/mol. The van der Waals surface area contributed by atoms with Gasteiger partial charge < -0.3 is 0 Å². The third-order valence-electron chi connectivity index (χ3n) is 2.78. The average Bonchev–Trinajstić information content (AvgIpc) is 2.18. The van der Waals surface area contributed by atoms with Crippen LogP contribution in [0.1, 0.15) is 51.9 Å². The minimum Gasteiger partial charge on any atom is -0.176 e. The van der Waals surface area contributed by atoms with Crippen LogP contribution in [0.3, 0.4) is 0 Å². The van der Waals surface area contributed by atoms with E-state index in [1.54, 1.807) is 0 Å². The van der Waals surface area contributed by atoms with E-state index in [4.69, 9.17) is 0 Å². The SMILES string of the molecule is CCCC1CCCCCC1S. The number of hydrogen-bond donors (Lipinski definition) is 1. The van der Waals surface area contributed by atoms with Crippen molar-refractivity contribution in [3.05, 3.63) is 0 Å². The topological polar surface area (TPSA) is 0 Å². The molecule has 1 rings (SSSR count). The molecule has 0 aromatic rings. The molecule has 66 valence electrons. The zero-order chi connectivity index (χ0) is 8.10. The molecule has 0 amide bonds. The van der Waals surface area contributed by atoms with Gasteiger partial charge in [-0.3, -0.25) is 0 Å². The molecule has 0 spiro atoms. The van der Waals surface area contributed by atoms with Gasteiger partial charge in [0.05, 0.1) is 0 Å². The third kappa shape index (κ3) is 3.06. The fourth-order valence-electron chi connectivity index (χ4n) is 2.07. The smallest absolute Gasteiger partial charge is 0.00450 e. The molecule has 1 fully saturated rings. The molecule has 2 unspecified atom stereocenters. The fraction of sp³-hybridized carbons (Fsp3) is 1.00. The Kier molecular flexibility index (Phi) is 4.36. The zero-order valence-corrected chi connectivity index (χ0v) is 8.45. The lowest BCUT2D eigenvalue weighted by molar-refractivity contribution is 0.436. The molecular formula is C10H20S. The lowest BCUT2D eigenvalue weighted by Gasteiger charge is -2.19. The van der Waals surface area contributed by atoms with Crippen molar-refractivity contribution in [3.8, 4) is 0 Å². The second-order valence-corrected chi connectivity index (χ2v) is 4.42. The van der Waals surface area contributed by atoms with E-state index in [2.05, 4.69) is 19.6 Å². The van der Waals surface area contributed by atoms with Gasteiger partial charge in [-0.2, -0.15) is 12.6 Å². The van der Waals surface area contributed by atoms with E-state index in [0.29, 0.717) is 5.25 Å². The number of hydrogen-bond acceptors (Lipinski definition) is 1. The second kappa shape index (κ2) is 5.08. The van der Waals surface area contributed by atoms with E-state index in [1.807, 2.05) is 0 Å². The summed E-state index contributed by atoms with van der Waals surface area (Å²) < 4.78 is 0. The van der Waals surface area contributed by atoms with Gasteiger partial charge in [0.15, 0.2) is 0 Å². The van der Waals surface area contributed by atoms with E-state index in [1.165, 1.54) is 44.9 Å². The molecule has 1 saturated carbocycles. The highest BCUT2D eigenvalue weighted by molar-refractivity contribution is 7.81. The molecule has 0 aromatic heterocycles. The largest absolute Gasteiger partial charge is 0.176 e. The standard InChI is InChI=1S/C10H20S/c1-2-6-9-7-4-3-5-8-10(9)11/h9-11H,2-8H2,1H3. The normalized spacial score (nSPS) is 33.3. The maximum absolute atomic E-state index is 4.66. The highest BCUT2D eigenvalue weighted by atomic mass is 32.1. The van der Waals surface area contributed by atoms with Crippen LogP contribution in [-0.4, -0.2) is 5.25 Å². The summed E-state index contributed by atoms with van der Waals surface area (Å²) in [5.74, 6) is 0.922. The average molecular weight is 172 g/mol. The Hall–Kier alpha value is 0.350. The molecule has 0 radical (unpaired) electrons. The molecule has 0 N–H and O–H groups in total. The Morgan fingerprint density at radius 2 is 1.91 bits per heavy atom. The van der Waals surface area contributed by atoms with Gasteiger partial charge in [0.25, 0.3) is 0 Å². The van der Waals surface area contributed by atoms with Crippen LogP contribution in [0.2, 0.25) is 0 Å². The molecule has 0 bridgehead atoms. The summed E-state index contributed by atoms with van der Waals surface area (Å²) in [6.45, 7) is 2.28. The molecule has 2 atom stereocenters. The van der Waals surface area contributed by atoms with Crippen molar-refractivity contribution in [1.82, 2.24) is 0 Å². The van der Waals surface area contributed by atoms with Crippen LogP contribution in [-0.2, 0) is 0 Å². The Bertz CT molecular complexity index is 101. The van der Waals surface area contributed by atoms with Crippen molar-refractivity contribution in [1.29, 1.82) is 0 Å². The van der Waals surface area contributed by atoms with Crippen LogP contribution in [0.5, 0.6) is 0 Å². The molecule has 0 saturated heterocycles. The predicted molar refractivity (Wildman–Crippen MR) is 54.3 cm³/mol. The molecule has 1 heteroatoms. The van der Waals surface area contributed by atoms with Gasteiger partial charge >= 0.3 is 0 Å². The first kappa shape index (κ1) is 9.44. The highest BCUT2D eigenvalue weighted by Gasteiger charge is 2.19. The molecule has 1 aliphatic carbocycles. The van der Waals surface area contributed by atoms with Crippen LogP contribution in [0.15, 0.2) is 0 Å².